The predicted octanol–water partition coefficient (Wildman–Crippen LogP) is -0.933. The summed E-state index contributed by atoms with van der Waals surface area (Å²) in [6.45, 7) is 14.4. The Hall–Kier alpha value is -1.59. The minimum Gasteiger partial charge on any atom is -0.480 e. The van der Waals surface area contributed by atoms with Gasteiger partial charge in [0, 0.05) is 55.5 Å². The third kappa shape index (κ3) is 9.38. The van der Waals surface area contributed by atoms with Gasteiger partial charge in [0.25, 0.3) is 0 Å². The first-order valence-electron chi connectivity index (χ1n) is 21.2. The number of methoxy groups -OCH3 is 1. The summed E-state index contributed by atoms with van der Waals surface area (Å²) in [4.78, 5) is 35.5. The zero-order chi connectivity index (χ0) is 42.7. The van der Waals surface area contributed by atoms with Gasteiger partial charge in [-0.2, -0.15) is 0 Å². The van der Waals surface area contributed by atoms with Gasteiger partial charge in [-0.15, -0.1) is 12.4 Å². The van der Waals surface area contributed by atoms with Crippen molar-refractivity contribution in [3.05, 3.63) is 0 Å². The van der Waals surface area contributed by atoms with Crippen LogP contribution >= 0.6 is 12.4 Å². The van der Waals surface area contributed by atoms with E-state index in [4.69, 9.17) is 34.1 Å². The van der Waals surface area contributed by atoms with Crippen molar-refractivity contribution in [3.63, 3.8) is 0 Å². The van der Waals surface area contributed by atoms with Crippen LogP contribution in [0.1, 0.15) is 85.5 Å². The van der Waals surface area contributed by atoms with Gasteiger partial charge in [-0.3, -0.25) is 9.59 Å². The maximum Gasteiger partial charge on any atom is 0.457 e. The summed E-state index contributed by atoms with van der Waals surface area (Å²) in [5.41, 5.74) is -3.51. The molecule has 18 nitrogen and oxygen atoms in total. The smallest absolute Gasteiger partial charge is 0.457 e. The van der Waals surface area contributed by atoms with Crippen LogP contribution in [0.2, 0.25) is 19.0 Å². The third-order valence-electron chi connectivity index (χ3n) is 15.3. The van der Waals surface area contributed by atoms with E-state index < -0.39 is 42.8 Å². The van der Waals surface area contributed by atoms with Crippen molar-refractivity contribution in [2.45, 2.75) is 132 Å². The van der Waals surface area contributed by atoms with Crippen LogP contribution in [0.5, 0.6) is 0 Å². The molecule has 0 spiro atoms. The molecular weight excluding hydrogens is 788 g/mol. The Morgan fingerprint density at radius 2 is 0.966 bits per heavy atom. The monoisotopic (exact) mass is 859 g/mol. The van der Waals surface area contributed by atoms with Crippen LogP contribution in [-0.4, -0.2) is 163 Å². The summed E-state index contributed by atoms with van der Waals surface area (Å²) in [5, 5.41) is 73.7. The number of carboxylic acid groups (broad SMARTS) is 2. The lowest BCUT2D eigenvalue weighted by Crippen LogP contribution is -2.58. The van der Waals surface area contributed by atoms with E-state index in [0.717, 1.165) is 64.6 Å². The average Bonchev–Trinajstić information content (AvgIpc) is 3.97. The van der Waals surface area contributed by atoms with E-state index in [-0.39, 0.29) is 52.9 Å². The number of carbonyl (C=O) groups is 3. The summed E-state index contributed by atoms with van der Waals surface area (Å²) in [5.74, 6) is -1.74. The first-order valence-corrected chi connectivity index (χ1v) is 21.2. The summed E-state index contributed by atoms with van der Waals surface area (Å²) in [6, 6.07) is 0. The Morgan fingerprint density at radius 1 is 0.610 bits per heavy atom. The van der Waals surface area contributed by atoms with Gasteiger partial charge in [0.2, 0.25) is 0 Å². The number of carbonyl (C=O) groups excluding carboxylic acids is 1. The molecule has 7 heterocycles. The molecule has 0 aromatic heterocycles. The molecule has 7 rings (SSSR count). The molecule has 0 aromatic carbocycles. The third-order valence-corrected chi connectivity index (χ3v) is 15.3. The number of aliphatic carboxylic acids is 2. The largest absolute Gasteiger partial charge is 0.480 e. The van der Waals surface area contributed by atoms with Crippen molar-refractivity contribution >= 4 is 51.7 Å². The van der Waals surface area contributed by atoms with Crippen LogP contribution in [-0.2, 0) is 28.4 Å². The lowest BCUT2D eigenvalue weighted by molar-refractivity contribution is -0.151. The molecule has 0 amide bonds. The molecule has 7 aliphatic heterocycles. The lowest BCUT2D eigenvalue weighted by Gasteiger charge is -2.37. The number of nitrogens with one attached hydrogen (secondary N) is 6. The maximum absolute atomic E-state index is 12.4. The molecule has 7 saturated heterocycles. The Labute approximate surface area is 356 Å². The molecule has 0 bridgehead atoms. The minimum atomic E-state index is -1.30. The summed E-state index contributed by atoms with van der Waals surface area (Å²) >= 11 is 0. The van der Waals surface area contributed by atoms with E-state index in [9.17, 15) is 24.6 Å². The van der Waals surface area contributed by atoms with Crippen molar-refractivity contribution in [2.75, 3.05) is 66.0 Å². The zero-order valence-electron chi connectivity index (χ0n) is 35.6. The van der Waals surface area contributed by atoms with Crippen molar-refractivity contribution in [1.29, 1.82) is 0 Å². The molecule has 59 heavy (non-hydrogen) atoms. The van der Waals surface area contributed by atoms with Crippen molar-refractivity contribution in [3.8, 4) is 0 Å². The Bertz CT molecular complexity index is 1360. The number of hydrogen-bond acceptors (Lipinski definition) is 16. The number of carboxylic acids is 2. The van der Waals surface area contributed by atoms with Gasteiger partial charge in [0.05, 0.1) is 18.3 Å². The maximum atomic E-state index is 12.4. The normalized spacial score (nSPS) is 35.6. The second-order valence-corrected chi connectivity index (χ2v) is 18.8. The van der Waals surface area contributed by atoms with Crippen molar-refractivity contribution in [1.82, 2.24) is 31.9 Å². The number of halogens is 1. The van der Waals surface area contributed by atoms with Crippen molar-refractivity contribution < 1.29 is 58.7 Å². The van der Waals surface area contributed by atoms with Crippen LogP contribution in [0.3, 0.4) is 0 Å². The zero-order valence-corrected chi connectivity index (χ0v) is 36.4. The molecule has 0 aliphatic carbocycles. The highest BCUT2D eigenvalue weighted by atomic mass is 35.5. The number of rotatable bonds is 15. The van der Waals surface area contributed by atoms with Gasteiger partial charge in [-0.1, -0.05) is 19.3 Å². The Kier molecular flexibility index (Phi) is 16.5. The summed E-state index contributed by atoms with van der Waals surface area (Å²) in [6.07, 6.45) is 8.73. The van der Waals surface area contributed by atoms with E-state index in [1.807, 2.05) is 0 Å². The van der Waals surface area contributed by atoms with E-state index in [1.54, 1.807) is 0 Å². The first kappa shape index (κ1) is 50.1. The van der Waals surface area contributed by atoms with E-state index in [1.165, 1.54) is 7.11 Å². The van der Waals surface area contributed by atoms with E-state index in [0.29, 0.717) is 71.0 Å². The van der Waals surface area contributed by atoms with Gasteiger partial charge < -0.3 is 76.3 Å². The highest BCUT2D eigenvalue weighted by molar-refractivity contribution is 6.45. The molecule has 12 N–H and O–H groups in total. The number of fused-ring (bicyclic) bond motifs is 3. The fourth-order valence-electron chi connectivity index (χ4n) is 11.2. The molecule has 7 fully saturated rings. The Morgan fingerprint density at radius 3 is 1.34 bits per heavy atom. The highest BCUT2D eigenvalue weighted by Gasteiger charge is 2.64. The van der Waals surface area contributed by atoms with Crippen LogP contribution < -0.4 is 31.9 Å². The van der Waals surface area contributed by atoms with E-state index >= 15 is 0 Å². The molecular formula is C37H70B3ClN6O12. The average molecular weight is 859 g/mol. The molecule has 0 saturated carbocycles. The predicted molar refractivity (Wildman–Crippen MR) is 225 cm³/mol. The van der Waals surface area contributed by atoms with Gasteiger partial charge in [0.15, 0.2) is 0 Å². The second-order valence-electron chi connectivity index (χ2n) is 18.8. The van der Waals surface area contributed by atoms with Gasteiger partial charge >= 0.3 is 39.3 Å². The minimum absolute atomic E-state index is 0. The quantitative estimate of drug-likeness (QED) is 0.0701. The Balaban J connectivity index is 0.000000198. The molecule has 7 aliphatic rings. The molecule has 336 valence electrons. The highest BCUT2D eigenvalue weighted by Crippen LogP contribution is 2.49. The van der Waals surface area contributed by atoms with Crippen LogP contribution in [0.15, 0.2) is 0 Å². The summed E-state index contributed by atoms with van der Waals surface area (Å²) < 4.78 is 17.3. The molecule has 22 heteroatoms. The topological polar surface area (TPSA) is 272 Å². The first-order chi connectivity index (χ1) is 27.2. The van der Waals surface area contributed by atoms with Crippen LogP contribution in [0, 0.1) is 16.2 Å². The fraction of sp³-hybridized carbons (Fsp3) is 0.919. The van der Waals surface area contributed by atoms with E-state index in [2.05, 4.69) is 59.6 Å². The fourth-order valence-corrected chi connectivity index (χ4v) is 11.2. The number of hydrogen-bond donors (Lipinski definition) is 12. The standard InChI is InChI=1S/C17H31BN2O4.2C10H19BN2O4.ClH/c1-14(2)15(3,4)24-18(23-14)9-6-7-16-8-10-20-17(16,12-19-11-16)13(21)22-5;2*14-8(15)10-7-12-6-9(10,3-5-13-10)2-1-4-11(16)17;/h19-20H,6-12H2,1-5H3;2*12-13,16-17H,1-7H2,(H,14,15);1H/t16-,17-;2*9-,10-;/m111./s1. The molecule has 6 atom stereocenters. The molecule has 0 unspecified atom stereocenters. The summed E-state index contributed by atoms with van der Waals surface area (Å²) in [7, 11) is -1.28. The van der Waals surface area contributed by atoms with Crippen molar-refractivity contribution in [2.24, 2.45) is 16.2 Å². The van der Waals surface area contributed by atoms with Gasteiger partial charge in [-0.25, -0.2) is 4.79 Å². The lowest BCUT2D eigenvalue weighted by atomic mass is 9.67. The number of esters is 1. The SMILES string of the molecule is COC(=O)[C@]12CNC[C@@]1(CCCB1OC(C)(C)C(C)(C)O1)CCN2.Cl.O=C(O)[C@]12CNC[C@@]1(CCCB(O)O)CCN2.O=C(O)[C@]12CNC[C@@]1(CCCB(O)O)CCN2. The van der Waals surface area contributed by atoms with Crippen LogP contribution in [0.25, 0.3) is 0 Å². The van der Waals surface area contributed by atoms with Gasteiger partial charge in [-0.05, 0) is 105 Å². The second kappa shape index (κ2) is 19.4. The van der Waals surface area contributed by atoms with Gasteiger partial charge in [0.1, 0.15) is 16.6 Å². The number of ether oxygens (including phenoxy) is 1. The molecule has 0 aromatic rings. The van der Waals surface area contributed by atoms with Crippen LogP contribution in [0.4, 0.5) is 0 Å². The molecule has 0 radical (unpaired) electrons.